The SMILES string of the molecule is Cc1cc(Br)cc([C@@H](CC(F)(F)F)N2CCNCC2)c1F. The number of piperazine rings is 1. The van der Waals surface area contributed by atoms with Crippen molar-refractivity contribution in [3.63, 3.8) is 0 Å². The summed E-state index contributed by atoms with van der Waals surface area (Å²) in [6, 6.07) is 2.05. The fraction of sp³-hybridized carbons (Fsp3) is 0.571. The molecule has 1 heterocycles. The molecule has 1 aliphatic rings. The lowest BCUT2D eigenvalue weighted by molar-refractivity contribution is -0.149. The van der Waals surface area contributed by atoms with E-state index in [0.29, 0.717) is 36.2 Å². The summed E-state index contributed by atoms with van der Waals surface area (Å²) in [7, 11) is 0. The van der Waals surface area contributed by atoms with E-state index in [2.05, 4.69) is 21.2 Å². The maximum atomic E-state index is 14.3. The van der Waals surface area contributed by atoms with Crippen molar-refractivity contribution in [2.45, 2.75) is 25.6 Å². The van der Waals surface area contributed by atoms with E-state index in [1.165, 1.54) is 6.07 Å². The number of hydrogen-bond acceptors (Lipinski definition) is 2. The van der Waals surface area contributed by atoms with Crippen LogP contribution in [0.4, 0.5) is 17.6 Å². The van der Waals surface area contributed by atoms with Gasteiger partial charge in [-0.3, -0.25) is 4.90 Å². The molecule has 0 unspecified atom stereocenters. The summed E-state index contributed by atoms with van der Waals surface area (Å²) in [6.07, 6.45) is -5.38. The molecule has 1 fully saturated rings. The third-order valence-corrected chi connectivity index (χ3v) is 4.08. The Morgan fingerprint density at radius 1 is 1.29 bits per heavy atom. The summed E-state index contributed by atoms with van der Waals surface area (Å²) in [5.41, 5.74) is 0.461. The lowest BCUT2D eigenvalue weighted by atomic mass is 9.98. The highest BCUT2D eigenvalue weighted by atomic mass is 79.9. The van der Waals surface area contributed by atoms with E-state index in [-0.39, 0.29) is 5.56 Å². The van der Waals surface area contributed by atoms with Crippen LogP contribution in [0.2, 0.25) is 0 Å². The van der Waals surface area contributed by atoms with E-state index < -0.39 is 24.5 Å². The maximum Gasteiger partial charge on any atom is 0.390 e. The lowest BCUT2D eigenvalue weighted by Crippen LogP contribution is -2.46. The van der Waals surface area contributed by atoms with E-state index in [0.717, 1.165) is 0 Å². The standard InChI is InChI=1S/C14H17BrF4N2/c1-9-6-10(15)7-11(13(9)16)12(8-14(17,18)19)21-4-2-20-3-5-21/h6-7,12,20H,2-5,8H2,1H3/t12-/m1/s1. The molecule has 118 valence electrons. The van der Waals surface area contributed by atoms with E-state index in [9.17, 15) is 17.6 Å². The van der Waals surface area contributed by atoms with Crippen molar-refractivity contribution >= 4 is 15.9 Å². The Morgan fingerprint density at radius 3 is 2.48 bits per heavy atom. The number of aryl methyl sites for hydroxylation is 1. The molecule has 0 aromatic heterocycles. The Balaban J connectivity index is 2.38. The average molecular weight is 369 g/mol. The van der Waals surface area contributed by atoms with Crippen LogP contribution < -0.4 is 5.32 Å². The number of halogens is 5. The van der Waals surface area contributed by atoms with Crippen LogP contribution in [-0.2, 0) is 0 Å². The van der Waals surface area contributed by atoms with Crippen LogP contribution >= 0.6 is 15.9 Å². The van der Waals surface area contributed by atoms with Gasteiger partial charge >= 0.3 is 6.18 Å². The Bertz CT molecular complexity index is 498. The van der Waals surface area contributed by atoms with Gasteiger partial charge in [0, 0.05) is 42.3 Å². The normalized spacial score (nSPS) is 18.8. The Labute approximate surface area is 129 Å². The zero-order chi connectivity index (χ0) is 15.6. The van der Waals surface area contributed by atoms with Gasteiger partial charge in [0.2, 0.25) is 0 Å². The van der Waals surface area contributed by atoms with Crippen LogP contribution in [0.15, 0.2) is 16.6 Å². The molecule has 21 heavy (non-hydrogen) atoms. The first-order valence-electron chi connectivity index (χ1n) is 6.75. The second-order valence-corrected chi connectivity index (χ2v) is 6.16. The fourth-order valence-corrected chi connectivity index (χ4v) is 3.23. The van der Waals surface area contributed by atoms with Gasteiger partial charge in [-0.15, -0.1) is 0 Å². The van der Waals surface area contributed by atoms with Gasteiger partial charge in [0.1, 0.15) is 5.82 Å². The second kappa shape index (κ2) is 6.62. The average Bonchev–Trinajstić information content (AvgIpc) is 2.40. The Kier molecular flexibility index (Phi) is 5.27. The van der Waals surface area contributed by atoms with E-state index in [4.69, 9.17) is 0 Å². The molecule has 1 aromatic carbocycles. The Hall–Kier alpha value is -0.660. The van der Waals surface area contributed by atoms with Crippen molar-refractivity contribution in [3.05, 3.63) is 33.5 Å². The van der Waals surface area contributed by atoms with Gasteiger partial charge < -0.3 is 5.32 Å². The smallest absolute Gasteiger partial charge is 0.314 e. The molecule has 1 N–H and O–H groups in total. The first kappa shape index (κ1) is 16.7. The summed E-state index contributed by atoms with van der Waals surface area (Å²) < 4.78 is 53.6. The molecular formula is C14H17BrF4N2. The first-order chi connectivity index (χ1) is 9.78. The molecule has 1 atom stereocenters. The van der Waals surface area contributed by atoms with Crippen LogP contribution in [0.25, 0.3) is 0 Å². The monoisotopic (exact) mass is 368 g/mol. The molecule has 2 nitrogen and oxygen atoms in total. The van der Waals surface area contributed by atoms with E-state index >= 15 is 0 Å². The zero-order valence-corrected chi connectivity index (χ0v) is 13.2. The predicted octanol–water partition coefficient (Wildman–Crippen LogP) is 3.80. The molecule has 0 saturated carbocycles. The minimum Gasteiger partial charge on any atom is -0.314 e. The molecular weight excluding hydrogens is 352 g/mol. The molecule has 0 aliphatic carbocycles. The number of rotatable bonds is 3. The number of alkyl halides is 3. The van der Waals surface area contributed by atoms with Crippen molar-refractivity contribution in [1.29, 1.82) is 0 Å². The first-order valence-corrected chi connectivity index (χ1v) is 7.54. The molecule has 1 aliphatic heterocycles. The molecule has 1 aromatic rings. The molecule has 0 spiro atoms. The highest BCUT2D eigenvalue weighted by Crippen LogP contribution is 2.36. The van der Waals surface area contributed by atoms with Crippen LogP contribution in [0.1, 0.15) is 23.6 Å². The minimum atomic E-state index is -4.34. The summed E-state index contributed by atoms with van der Waals surface area (Å²) in [6.45, 7) is 3.75. The quantitative estimate of drug-likeness (QED) is 0.816. The van der Waals surface area contributed by atoms with Crippen molar-refractivity contribution in [2.75, 3.05) is 26.2 Å². The summed E-state index contributed by atoms with van der Waals surface area (Å²) in [4.78, 5) is 1.70. The summed E-state index contributed by atoms with van der Waals surface area (Å²) >= 11 is 3.24. The molecule has 0 radical (unpaired) electrons. The number of nitrogens with zero attached hydrogens (tertiary/aromatic N) is 1. The van der Waals surface area contributed by atoms with Crippen LogP contribution in [0, 0.1) is 12.7 Å². The van der Waals surface area contributed by atoms with Gasteiger partial charge in [0.25, 0.3) is 0 Å². The molecule has 1 saturated heterocycles. The van der Waals surface area contributed by atoms with Gasteiger partial charge in [0.05, 0.1) is 6.42 Å². The van der Waals surface area contributed by atoms with Crippen molar-refractivity contribution in [2.24, 2.45) is 0 Å². The highest BCUT2D eigenvalue weighted by Gasteiger charge is 2.37. The maximum absolute atomic E-state index is 14.3. The summed E-state index contributed by atoms with van der Waals surface area (Å²) in [5, 5.41) is 3.10. The van der Waals surface area contributed by atoms with Gasteiger partial charge in [-0.05, 0) is 24.6 Å². The third kappa shape index (κ3) is 4.40. The van der Waals surface area contributed by atoms with Gasteiger partial charge in [-0.25, -0.2) is 4.39 Å². The van der Waals surface area contributed by atoms with Crippen molar-refractivity contribution in [3.8, 4) is 0 Å². The minimum absolute atomic E-state index is 0.112. The van der Waals surface area contributed by atoms with Crippen LogP contribution in [0.3, 0.4) is 0 Å². The highest BCUT2D eigenvalue weighted by molar-refractivity contribution is 9.10. The molecule has 2 rings (SSSR count). The summed E-state index contributed by atoms with van der Waals surface area (Å²) in [5.74, 6) is -0.550. The molecule has 0 amide bonds. The third-order valence-electron chi connectivity index (χ3n) is 3.62. The van der Waals surface area contributed by atoms with Crippen LogP contribution in [0.5, 0.6) is 0 Å². The van der Waals surface area contributed by atoms with Crippen molar-refractivity contribution < 1.29 is 17.6 Å². The topological polar surface area (TPSA) is 15.3 Å². The number of hydrogen-bond donors (Lipinski definition) is 1. The van der Waals surface area contributed by atoms with Crippen molar-refractivity contribution in [1.82, 2.24) is 10.2 Å². The van der Waals surface area contributed by atoms with Gasteiger partial charge in [-0.2, -0.15) is 13.2 Å². The number of benzene rings is 1. The predicted molar refractivity (Wildman–Crippen MR) is 76.7 cm³/mol. The van der Waals surface area contributed by atoms with Gasteiger partial charge in [0.15, 0.2) is 0 Å². The number of nitrogens with one attached hydrogen (secondary N) is 1. The van der Waals surface area contributed by atoms with Crippen LogP contribution in [-0.4, -0.2) is 37.3 Å². The van der Waals surface area contributed by atoms with E-state index in [1.54, 1.807) is 17.9 Å². The Morgan fingerprint density at radius 2 is 1.90 bits per heavy atom. The van der Waals surface area contributed by atoms with E-state index in [1.807, 2.05) is 0 Å². The molecule has 7 heteroatoms. The second-order valence-electron chi connectivity index (χ2n) is 5.25. The van der Waals surface area contributed by atoms with Gasteiger partial charge in [-0.1, -0.05) is 15.9 Å². The largest absolute Gasteiger partial charge is 0.390 e. The zero-order valence-electron chi connectivity index (χ0n) is 11.6. The molecule has 0 bridgehead atoms. The lowest BCUT2D eigenvalue weighted by Gasteiger charge is -2.36. The fourth-order valence-electron chi connectivity index (χ4n) is 2.64.